The molecule has 0 saturated heterocycles. The van der Waals surface area contributed by atoms with Crippen LogP contribution in [0, 0.1) is 5.82 Å². The van der Waals surface area contributed by atoms with Gasteiger partial charge in [0, 0.05) is 18.7 Å². The van der Waals surface area contributed by atoms with Crippen LogP contribution in [0.5, 0.6) is 0 Å². The van der Waals surface area contributed by atoms with E-state index in [9.17, 15) is 9.18 Å². The van der Waals surface area contributed by atoms with E-state index in [4.69, 9.17) is 4.42 Å². The number of hydrogen-bond acceptors (Lipinski definition) is 3. The number of oxazole rings is 1. The van der Waals surface area contributed by atoms with E-state index in [0.29, 0.717) is 22.1 Å². The monoisotopic (exact) mass is 302 g/mol. The maximum atomic E-state index is 13.4. The van der Waals surface area contributed by atoms with Crippen LogP contribution in [0.25, 0.3) is 11.1 Å². The van der Waals surface area contributed by atoms with E-state index in [0.717, 1.165) is 13.0 Å². The van der Waals surface area contributed by atoms with Crippen molar-refractivity contribution in [1.29, 1.82) is 0 Å². The topological polar surface area (TPSA) is 47.2 Å². The van der Waals surface area contributed by atoms with Gasteiger partial charge in [0.15, 0.2) is 5.58 Å². The Labute approximate surface area is 106 Å². The molecule has 0 spiro atoms. The van der Waals surface area contributed by atoms with Gasteiger partial charge >= 0.3 is 5.76 Å². The smallest absolute Gasteiger partial charge is 0.408 e. The summed E-state index contributed by atoms with van der Waals surface area (Å²) in [7, 11) is 1.84. The summed E-state index contributed by atoms with van der Waals surface area (Å²) in [5, 5.41) is 2.99. The number of benzene rings is 1. The Morgan fingerprint density at radius 2 is 2.29 bits per heavy atom. The molecule has 0 unspecified atom stereocenters. The zero-order chi connectivity index (χ0) is 12.4. The number of aromatic nitrogens is 1. The molecule has 4 nitrogen and oxygen atoms in total. The lowest BCUT2D eigenvalue weighted by Gasteiger charge is -2.02. The molecule has 0 aliphatic carbocycles. The highest BCUT2D eigenvalue weighted by atomic mass is 79.9. The van der Waals surface area contributed by atoms with Gasteiger partial charge in [0.25, 0.3) is 0 Å². The highest BCUT2D eigenvalue weighted by Gasteiger charge is 2.12. The maximum Gasteiger partial charge on any atom is 0.419 e. The predicted octanol–water partition coefficient (Wildman–Crippen LogP) is 2.11. The van der Waals surface area contributed by atoms with Crippen LogP contribution in [0.4, 0.5) is 4.39 Å². The van der Waals surface area contributed by atoms with E-state index in [1.165, 1.54) is 16.7 Å². The summed E-state index contributed by atoms with van der Waals surface area (Å²) in [6.45, 7) is 1.30. The Bertz CT molecular complexity index is 591. The predicted molar refractivity (Wildman–Crippen MR) is 66.7 cm³/mol. The van der Waals surface area contributed by atoms with Gasteiger partial charge in [0.05, 0.1) is 9.99 Å². The second kappa shape index (κ2) is 5.01. The highest BCUT2D eigenvalue weighted by molar-refractivity contribution is 9.10. The summed E-state index contributed by atoms with van der Waals surface area (Å²) < 4.78 is 20.2. The SMILES string of the molecule is CNCCCn1c(=O)oc2cc(Br)c(F)cc21. The van der Waals surface area contributed by atoms with Crippen molar-refractivity contribution in [1.82, 2.24) is 9.88 Å². The van der Waals surface area contributed by atoms with E-state index >= 15 is 0 Å². The summed E-state index contributed by atoms with van der Waals surface area (Å²) in [5.74, 6) is -0.853. The zero-order valence-electron chi connectivity index (χ0n) is 9.30. The average molecular weight is 303 g/mol. The minimum Gasteiger partial charge on any atom is -0.408 e. The third kappa shape index (κ3) is 2.42. The molecule has 2 aromatic rings. The van der Waals surface area contributed by atoms with Crippen molar-refractivity contribution in [3.8, 4) is 0 Å². The van der Waals surface area contributed by atoms with E-state index in [1.54, 1.807) is 0 Å². The van der Waals surface area contributed by atoms with E-state index < -0.39 is 11.6 Å². The lowest BCUT2D eigenvalue weighted by molar-refractivity contribution is 0.494. The molecule has 92 valence electrons. The largest absolute Gasteiger partial charge is 0.419 e. The standard InChI is InChI=1S/C11H12BrFN2O2/c1-14-3-2-4-15-9-6-8(13)7(12)5-10(9)17-11(15)16/h5-6,14H,2-4H2,1H3. The highest BCUT2D eigenvalue weighted by Crippen LogP contribution is 2.22. The van der Waals surface area contributed by atoms with Gasteiger partial charge in [-0.2, -0.15) is 0 Å². The van der Waals surface area contributed by atoms with Crippen LogP contribution >= 0.6 is 15.9 Å². The molecule has 17 heavy (non-hydrogen) atoms. The van der Waals surface area contributed by atoms with Gasteiger partial charge in [-0.05, 0) is 35.9 Å². The van der Waals surface area contributed by atoms with Crippen LogP contribution < -0.4 is 11.1 Å². The molecule has 0 amide bonds. The van der Waals surface area contributed by atoms with Crippen LogP contribution in [-0.2, 0) is 6.54 Å². The first-order valence-electron chi connectivity index (χ1n) is 5.26. The number of fused-ring (bicyclic) bond motifs is 1. The number of rotatable bonds is 4. The first-order valence-corrected chi connectivity index (χ1v) is 6.06. The summed E-state index contributed by atoms with van der Waals surface area (Å²) >= 11 is 3.06. The summed E-state index contributed by atoms with van der Waals surface area (Å²) in [6.07, 6.45) is 0.780. The molecule has 1 N–H and O–H groups in total. The second-order valence-corrected chi connectivity index (χ2v) is 4.57. The van der Waals surface area contributed by atoms with Crippen LogP contribution in [-0.4, -0.2) is 18.2 Å². The first kappa shape index (κ1) is 12.3. The van der Waals surface area contributed by atoms with Gasteiger partial charge in [-0.15, -0.1) is 0 Å². The van der Waals surface area contributed by atoms with Crippen molar-refractivity contribution < 1.29 is 8.81 Å². The molecule has 0 aliphatic rings. The maximum absolute atomic E-state index is 13.4. The number of halogens is 2. The second-order valence-electron chi connectivity index (χ2n) is 3.71. The molecule has 6 heteroatoms. The molecule has 1 aromatic heterocycles. The quantitative estimate of drug-likeness (QED) is 0.880. The molecule has 0 atom stereocenters. The Morgan fingerprint density at radius 3 is 3.00 bits per heavy atom. The van der Waals surface area contributed by atoms with E-state index in [1.807, 2.05) is 7.05 Å². The van der Waals surface area contributed by atoms with Gasteiger partial charge in [-0.3, -0.25) is 4.57 Å². The molecular weight excluding hydrogens is 291 g/mol. The average Bonchev–Trinajstić information content (AvgIpc) is 2.57. The van der Waals surface area contributed by atoms with Crippen molar-refractivity contribution in [3.63, 3.8) is 0 Å². The van der Waals surface area contributed by atoms with Crippen molar-refractivity contribution in [2.75, 3.05) is 13.6 Å². The van der Waals surface area contributed by atoms with Crippen molar-refractivity contribution in [3.05, 3.63) is 33.0 Å². The molecule has 0 saturated carbocycles. The molecule has 0 radical (unpaired) electrons. The minimum absolute atomic E-state index is 0.293. The normalized spacial score (nSPS) is 11.2. The molecule has 1 heterocycles. The molecule has 0 bridgehead atoms. The summed E-state index contributed by atoms with van der Waals surface area (Å²) in [6, 6.07) is 2.78. The molecule has 2 rings (SSSR count). The van der Waals surface area contributed by atoms with Crippen LogP contribution in [0.15, 0.2) is 25.8 Å². The van der Waals surface area contributed by atoms with Crippen molar-refractivity contribution >= 4 is 27.0 Å². The Hall–Kier alpha value is -1.14. The molecular formula is C11H12BrFN2O2. The molecule has 1 aromatic carbocycles. The van der Waals surface area contributed by atoms with E-state index in [2.05, 4.69) is 21.2 Å². The van der Waals surface area contributed by atoms with Gasteiger partial charge < -0.3 is 9.73 Å². The van der Waals surface area contributed by atoms with Gasteiger partial charge in [0.2, 0.25) is 0 Å². The van der Waals surface area contributed by atoms with E-state index in [-0.39, 0.29) is 0 Å². The van der Waals surface area contributed by atoms with Crippen LogP contribution in [0.3, 0.4) is 0 Å². The summed E-state index contributed by atoms with van der Waals surface area (Å²) in [4.78, 5) is 11.6. The fourth-order valence-electron chi connectivity index (χ4n) is 1.68. The molecule has 0 fully saturated rings. The molecule has 0 aliphatic heterocycles. The van der Waals surface area contributed by atoms with Gasteiger partial charge in [0.1, 0.15) is 5.82 Å². The number of nitrogens with one attached hydrogen (secondary N) is 1. The third-order valence-corrected chi connectivity index (χ3v) is 3.13. The Kier molecular flexibility index (Phi) is 3.63. The van der Waals surface area contributed by atoms with Crippen molar-refractivity contribution in [2.24, 2.45) is 0 Å². The number of aryl methyl sites for hydroxylation is 1. The lowest BCUT2D eigenvalue weighted by atomic mass is 10.3. The van der Waals surface area contributed by atoms with Crippen LogP contribution in [0.1, 0.15) is 6.42 Å². The number of nitrogens with zero attached hydrogens (tertiary/aromatic N) is 1. The zero-order valence-corrected chi connectivity index (χ0v) is 10.9. The van der Waals surface area contributed by atoms with Gasteiger partial charge in [-0.1, -0.05) is 0 Å². The Balaban J connectivity index is 2.44. The fraction of sp³-hybridized carbons (Fsp3) is 0.364. The third-order valence-electron chi connectivity index (χ3n) is 2.52. The van der Waals surface area contributed by atoms with Crippen LogP contribution in [0.2, 0.25) is 0 Å². The van der Waals surface area contributed by atoms with Gasteiger partial charge in [-0.25, -0.2) is 9.18 Å². The fourth-order valence-corrected chi connectivity index (χ4v) is 2.01. The Morgan fingerprint density at radius 1 is 1.53 bits per heavy atom. The van der Waals surface area contributed by atoms with Crippen molar-refractivity contribution in [2.45, 2.75) is 13.0 Å². The first-order chi connectivity index (χ1) is 8.13. The lowest BCUT2D eigenvalue weighted by Crippen LogP contribution is -2.17. The number of hydrogen-bond donors (Lipinski definition) is 1. The summed E-state index contributed by atoms with van der Waals surface area (Å²) in [5.41, 5.74) is 0.888. The minimum atomic E-state index is -0.450.